The first kappa shape index (κ1) is 14.6. The molecular formula is C15H24OS. The third kappa shape index (κ3) is 4.04. The number of aryl methyl sites for hydroxylation is 2. The predicted octanol–water partition coefficient (Wildman–Crippen LogP) is 3.83. The topological polar surface area (TPSA) is 20.2 Å². The summed E-state index contributed by atoms with van der Waals surface area (Å²) in [5.41, 5.74) is 5.80. The van der Waals surface area contributed by atoms with E-state index in [1.807, 2.05) is 0 Å². The molecular weight excluding hydrogens is 228 g/mol. The fourth-order valence-corrected chi connectivity index (χ4v) is 2.83. The van der Waals surface area contributed by atoms with Gasteiger partial charge in [-0.05, 0) is 41.5 Å². The summed E-state index contributed by atoms with van der Waals surface area (Å²) in [7, 11) is 0. The first-order valence-electron chi connectivity index (χ1n) is 6.15. The molecule has 0 fully saturated rings. The highest BCUT2D eigenvalue weighted by atomic mass is 32.2. The second-order valence-electron chi connectivity index (χ2n) is 5.61. The normalized spacial score (nSPS) is 11.9. The lowest BCUT2D eigenvalue weighted by molar-refractivity contribution is 0.322. The number of rotatable bonds is 4. The first-order chi connectivity index (χ1) is 7.86. The van der Waals surface area contributed by atoms with Crippen LogP contribution in [0, 0.1) is 13.8 Å². The molecule has 0 amide bonds. The number of benzene rings is 1. The molecule has 2 heteroatoms. The van der Waals surface area contributed by atoms with Gasteiger partial charge < -0.3 is 5.11 Å². The summed E-state index contributed by atoms with van der Waals surface area (Å²) in [4.78, 5) is 0. The van der Waals surface area contributed by atoms with E-state index in [2.05, 4.69) is 46.8 Å². The quantitative estimate of drug-likeness (QED) is 0.822. The van der Waals surface area contributed by atoms with E-state index in [1.165, 1.54) is 22.3 Å². The monoisotopic (exact) mass is 252 g/mol. The molecule has 0 radical (unpaired) electrons. The van der Waals surface area contributed by atoms with Crippen molar-refractivity contribution >= 4 is 11.8 Å². The third-order valence-electron chi connectivity index (χ3n) is 3.04. The maximum absolute atomic E-state index is 8.81. The molecule has 96 valence electrons. The minimum absolute atomic E-state index is 0.215. The van der Waals surface area contributed by atoms with Crippen molar-refractivity contribution in [1.82, 2.24) is 0 Å². The molecule has 0 heterocycles. The van der Waals surface area contributed by atoms with Crippen molar-refractivity contribution in [2.75, 3.05) is 12.4 Å². The zero-order chi connectivity index (χ0) is 13.1. The number of thioether (sulfide) groups is 1. The summed E-state index contributed by atoms with van der Waals surface area (Å²) in [6, 6.07) is 4.61. The van der Waals surface area contributed by atoms with Crippen LogP contribution in [0.2, 0.25) is 0 Å². The van der Waals surface area contributed by atoms with Crippen LogP contribution in [-0.4, -0.2) is 17.5 Å². The average Bonchev–Trinajstić information content (AvgIpc) is 2.20. The van der Waals surface area contributed by atoms with Crippen molar-refractivity contribution in [3.63, 3.8) is 0 Å². The molecule has 0 aliphatic heterocycles. The largest absolute Gasteiger partial charge is 0.396 e. The Balaban J connectivity index is 2.95. The predicted molar refractivity (Wildman–Crippen MR) is 77.9 cm³/mol. The fourth-order valence-electron chi connectivity index (χ4n) is 1.89. The van der Waals surface area contributed by atoms with Crippen molar-refractivity contribution in [3.8, 4) is 0 Å². The van der Waals surface area contributed by atoms with E-state index in [9.17, 15) is 0 Å². The Kier molecular flexibility index (Phi) is 5.08. The fraction of sp³-hybridized carbons (Fsp3) is 0.600. The maximum atomic E-state index is 8.81. The summed E-state index contributed by atoms with van der Waals surface area (Å²) in [6.45, 7) is 11.4. The summed E-state index contributed by atoms with van der Waals surface area (Å²) in [6.07, 6.45) is 0. The summed E-state index contributed by atoms with van der Waals surface area (Å²) in [5, 5.41) is 8.81. The van der Waals surface area contributed by atoms with E-state index in [1.54, 1.807) is 11.8 Å². The van der Waals surface area contributed by atoms with Crippen molar-refractivity contribution in [1.29, 1.82) is 0 Å². The highest BCUT2D eigenvalue weighted by Crippen LogP contribution is 2.28. The van der Waals surface area contributed by atoms with Crippen molar-refractivity contribution < 1.29 is 5.11 Å². The average molecular weight is 252 g/mol. The molecule has 0 aliphatic rings. The van der Waals surface area contributed by atoms with Crippen molar-refractivity contribution in [2.24, 2.45) is 0 Å². The Hall–Kier alpha value is -0.470. The Morgan fingerprint density at radius 3 is 2.06 bits per heavy atom. The molecule has 1 rings (SSSR count). The molecule has 0 aromatic heterocycles. The van der Waals surface area contributed by atoms with E-state index in [0.29, 0.717) is 0 Å². The van der Waals surface area contributed by atoms with Crippen LogP contribution in [0.3, 0.4) is 0 Å². The van der Waals surface area contributed by atoms with Gasteiger partial charge in [0, 0.05) is 11.5 Å². The van der Waals surface area contributed by atoms with Gasteiger partial charge in [-0.15, -0.1) is 0 Å². The molecule has 0 aliphatic carbocycles. The van der Waals surface area contributed by atoms with Gasteiger partial charge in [0.2, 0.25) is 0 Å². The molecule has 17 heavy (non-hydrogen) atoms. The molecule has 1 N–H and O–H groups in total. The van der Waals surface area contributed by atoms with Gasteiger partial charge >= 0.3 is 0 Å². The molecule has 0 unspecified atom stereocenters. The van der Waals surface area contributed by atoms with E-state index in [-0.39, 0.29) is 12.0 Å². The van der Waals surface area contributed by atoms with Crippen LogP contribution in [0.4, 0.5) is 0 Å². The van der Waals surface area contributed by atoms with Gasteiger partial charge in [-0.1, -0.05) is 32.9 Å². The third-order valence-corrected chi connectivity index (χ3v) is 4.01. The van der Waals surface area contributed by atoms with Crippen LogP contribution in [0.5, 0.6) is 0 Å². The minimum Gasteiger partial charge on any atom is -0.396 e. The number of aliphatic hydroxyl groups excluding tert-OH is 1. The van der Waals surface area contributed by atoms with Crippen LogP contribution in [0.15, 0.2) is 12.1 Å². The summed E-state index contributed by atoms with van der Waals surface area (Å²) < 4.78 is 0. The Bertz CT molecular complexity index is 354. The molecule has 0 atom stereocenters. The molecule has 0 saturated carbocycles. The number of hydrogen-bond donors (Lipinski definition) is 1. The second-order valence-corrected chi connectivity index (χ2v) is 6.72. The van der Waals surface area contributed by atoms with Gasteiger partial charge in [-0.3, -0.25) is 0 Å². The van der Waals surface area contributed by atoms with Crippen molar-refractivity contribution in [2.45, 2.75) is 45.8 Å². The molecule has 0 saturated heterocycles. The zero-order valence-corrected chi connectivity index (χ0v) is 12.4. The van der Waals surface area contributed by atoms with Gasteiger partial charge in [0.15, 0.2) is 0 Å². The van der Waals surface area contributed by atoms with Gasteiger partial charge in [0.05, 0.1) is 6.61 Å². The number of aliphatic hydroxyl groups is 1. The van der Waals surface area contributed by atoms with Gasteiger partial charge in [0.25, 0.3) is 0 Å². The van der Waals surface area contributed by atoms with E-state index in [4.69, 9.17) is 5.11 Å². The molecule has 0 spiro atoms. The Morgan fingerprint density at radius 1 is 1.12 bits per heavy atom. The summed E-state index contributed by atoms with van der Waals surface area (Å²) in [5.74, 6) is 1.82. The van der Waals surface area contributed by atoms with Crippen LogP contribution in [-0.2, 0) is 11.2 Å². The smallest absolute Gasteiger partial charge is 0.0521 e. The van der Waals surface area contributed by atoms with Gasteiger partial charge in [-0.25, -0.2) is 0 Å². The van der Waals surface area contributed by atoms with Crippen LogP contribution < -0.4 is 0 Å². The standard InChI is InChI=1S/C15H24OS/c1-11-8-13(15(3,4)5)9-12(2)14(11)10-17-7-6-16/h8-9,16H,6-7,10H2,1-5H3. The lowest BCUT2D eigenvalue weighted by Crippen LogP contribution is -2.12. The lowest BCUT2D eigenvalue weighted by Gasteiger charge is -2.22. The molecule has 1 aromatic rings. The van der Waals surface area contributed by atoms with Crippen LogP contribution in [0.25, 0.3) is 0 Å². The molecule has 0 bridgehead atoms. The lowest BCUT2D eigenvalue weighted by atomic mass is 9.84. The van der Waals surface area contributed by atoms with Crippen LogP contribution >= 0.6 is 11.8 Å². The number of hydrogen-bond acceptors (Lipinski definition) is 2. The summed E-state index contributed by atoms with van der Waals surface area (Å²) >= 11 is 1.80. The Morgan fingerprint density at radius 2 is 1.65 bits per heavy atom. The van der Waals surface area contributed by atoms with E-state index < -0.39 is 0 Å². The first-order valence-corrected chi connectivity index (χ1v) is 7.31. The van der Waals surface area contributed by atoms with E-state index >= 15 is 0 Å². The highest BCUT2D eigenvalue weighted by Gasteiger charge is 2.16. The molecule has 1 aromatic carbocycles. The second kappa shape index (κ2) is 5.92. The van der Waals surface area contributed by atoms with Gasteiger partial charge in [0.1, 0.15) is 0 Å². The molecule has 1 nitrogen and oxygen atoms in total. The van der Waals surface area contributed by atoms with Crippen LogP contribution in [0.1, 0.15) is 43.0 Å². The minimum atomic E-state index is 0.215. The van der Waals surface area contributed by atoms with Gasteiger partial charge in [-0.2, -0.15) is 11.8 Å². The maximum Gasteiger partial charge on any atom is 0.0521 e. The van der Waals surface area contributed by atoms with E-state index in [0.717, 1.165) is 11.5 Å². The van der Waals surface area contributed by atoms with Crippen molar-refractivity contribution in [3.05, 3.63) is 34.4 Å². The zero-order valence-electron chi connectivity index (χ0n) is 11.6. The SMILES string of the molecule is Cc1cc(C(C)(C)C)cc(C)c1CSCCO. The Labute approximate surface area is 110 Å². The highest BCUT2D eigenvalue weighted by molar-refractivity contribution is 7.98.